The average Bonchev–Trinajstić information content (AvgIpc) is 2.34. The maximum absolute atomic E-state index is 12.0. The Morgan fingerprint density at radius 1 is 1.25 bits per heavy atom. The van der Waals surface area contributed by atoms with E-state index in [0.29, 0.717) is 18.5 Å². The number of nitrogens with one attached hydrogen (secondary N) is 2. The van der Waals surface area contributed by atoms with Crippen molar-refractivity contribution in [3.63, 3.8) is 0 Å². The molecule has 1 aliphatic heterocycles. The van der Waals surface area contributed by atoms with Crippen molar-refractivity contribution in [3.8, 4) is 0 Å². The van der Waals surface area contributed by atoms with E-state index in [0.717, 1.165) is 5.56 Å². The largest absolute Gasteiger partial charge is 0.326 e. The Morgan fingerprint density at radius 2 is 1.85 bits per heavy atom. The molecular weight excluding hydrogens is 280 g/mol. The molecule has 0 saturated carbocycles. The molecule has 108 valence electrons. The van der Waals surface area contributed by atoms with E-state index < -0.39 is 5.41 Å². The second-order valence-corrected chi connectivity index (χ2v) is 4.97. The van der Waals surface area contributed by atoms with Gasteiger partial charge in [0.05, 0.1) is 5.41 Å². The number of rotatable bonds is 2. The summed E-state index contributed by atoms with van der Waals surface area (Å²) in [6, 6.07) is 7.12. The first kappa shape index (κ1) is 16.2. The highest BCUT2D eigenvalue weighted by Crippen LogP contribution is 2.32. The van der Waals surface area contributed by atoms with E-state index in [1.165, 1.54) is 6.92 Å². The molecule has 0 spiro atoms. The number of imide groups is 1. The first-order valence-corrected chi connectivity index (χ1v) is 6.14. The molecule has 0 bridgehead atoms. The van der Waals surface area contributed by atoms with Crippen LogP contribution < -0.4 is 10.6 Å². The molecule has 1 aliphatic rings. The van der Waals surface area contributed by atoms with Crippen LogP contribution in [-0.4, -0.2) is 17.7 Å². The van der Waals surface area contributed by atoms with Crippen LogP contribution in [0.25, 0.3) is 0 Å². The van der Waals surface area contributed by atoms with E-state index in [1.54, 1.807) is 24.3 Å². The van der Waals surface area contributed by atoms with Crippen LogP contribution in [-0.2, 0) is 19.8 Å². The molecule has 1 heterocycles. The summed E-state index contributed by atoms with van der Waals surface area (Å²) in [6.07, 6.45) is 0.840. The Morgan fingerprint density at radius 3 is 2.35 bits per heavy atom. The van der Waals surface area contributed by atoms with E-state index in [2.05, 4.69) is 10.6 Å². The molecule has 1 unspecified atom stereocenters. The molecule has 1 saturated heterocycles. The van der Waals surface area contributed by atoms with Crippen molar-refractivity contribution in [2.75, 3.05) is 5.32 Å². The number of piperidine rings is 1. The summed E-state index contributed by atoms with van der Waals surface area (Å²) in [5, 5.41) is 5.04. The predicted molar refractivity (Wildman–Crippen MR) is 77.7 cm³/mol. The van der Waals surface area contributed by atoms with Gasteiger partial charge in [0, 0.05) is 19.0 Å². The van der Waals surface area contributed by atoms with E-state index in [4.69, 9.17) is 0 Å². The third-order valence-corrected chi connectivity index (χ3v) is 3.45. The maximum atomic E-state index is 12.0. The fourth-order valence-corrected chi connectivity index (χ4v) is 2.20. The van der Waals surface area contributed by atoms with Gasteiger partial charge in [-0.1, -0.05) is 12.1 Å². The third-order valence-electron chi connectivity index (χ3n) is 3.45. The quantitative estimate of drug-likeness (QED) is 0.817. The van der Waals surface area contributed by atoms with Crippen LogP contribution in [0.15, 0.2) is 24.3 Å². The molecule has 20 heavy (non-hydrogen) atoms. The summed E-state index contributed by atoms with van der Waals surface area (Å²) < 4.78 is 0. The highest BCUT2D eigenvalue weighted by Gasteiger charge is 2.39. The topological polar surface area (TPSA) is 75.3 Å². The number of hydrogen-bond acceptors (Lipinski definition) is 3. The number of benzene rings is 1. The number of carbonyl (C=O) groups excluding carboxylic acids is 3. The Hall–Kier alpha value is -1.88. The van der Waals surface area contributed by atoms with Gasteiger partial charge in [-0.25, -0.2) is 0 Å². The van der Waals surface area contributed by atoms with Crippen molar-refractivity contribution in [1.82, 2.24) is 5.32 Å². The lowest BCUT2D eigenvalue weighted by atomic mass is 9.75. The van der Waals surface area contributed by atoms with Crippen LogP contribution in [0.3, 0.4) is 0 Å². The van der Waals surface area contributed by atoms with Gasteiger partial charge in [-0.3, -0.25) is 19.7 Å². The molecule has 1 atom stereocenters. The first-order chi connectivity index (χ1) is 8.91. The van der Waals surface area contributed by atoms with Crippen molar-refractivity contribution >= 4 is 35.8 Å². The number of hydrogen-bond donors (Lipinski definition) is 2. The first-order valence-electron chi connectivity index (χ1n) is 6.14. The molecule has 0 radical (unpaired) electrons. The zero-order chi connectivity index (χ0) is 14.0. The van der Waals surface area contributed by atoms with Crippen LogP contribution in [0.5, 0.6) is 0 Å². The van der Waals surface area contributed by atoms with Gasteiger partial charge in [0.25, 0.3) is 0 Å². The average molecular weight is 297 g/mol. The van der Waals surface area contributed by atoms with Crippen LogP contribution in [0.4, 0.5) is 5.69 Å². The smallest absolute Gasteiger partial charge is 0.236 e. The highest BCUT2D eigenvalue weighted by atomic mass is 35.5. The molecular formula is C14H17ClN2O3. The maximum Gasteiger partial charge on any atom is 0.236 e. The summed E-state index contributed by atoms with van der Waals surface area (Å²) >= 11 is 0. The van der Waals surface area contributed by atoms with E-state index in [-0.39, 0.29) is 30.1 Å². The zero-order valence-corrected chi connectivity index (χ0v) is 12.2. The molecule has 1 fully saturated rings. The normalized spacial score (nSPS) is 21.7. The van der Waals surface area contributed by atoms with Crippen LogP contribution in [0, 0.1) is 0 Å². The van der Waals surface area contributed by atoms with Crippen LogP contribution in [0.2, 0.25) is 0 Å². The van der Waals surface area contributed by atoms with Gasteiger partial charge in [-0.2, -0.15) is 0 Å². The van der Waals surface area contributed by atoms with Crippen molar-refractivity contribution < 1.29 is 14.4 Å². The van der Waals surface area contributed by atoms with Crippen molar-refractivity contribution in [2.45, 2.75) is 32.1 Å². The Balaban J connectivity index is 0.00000200. The molecule has 5 nitrogen and oxygen atoms in total. The number of anilines is 1. The Kier molecular flexibility index (Phi) is 4.89. The second kappa shape index (κ2) is 6.05. The summed E-state index contributed by atoms with van der Waals surface area (Å²) in [6.45, 7) is 3.26. The summed E-state index contributed by atoms with van der Waals surface area (Å²) in [7, 11) is 0. The molecule has 2 N–H and O–H groups in total. The molecule has 3 amide bonds. The zero-order valence-electron chi connectivity index (χ0n) is 11.4. The second-order valence-electron chi connectivity index (χ2n) is 4.97. The van der Waals surface area contributed by atoms with Gasteiger partial charge >= 0.3 is 0 Å². The van der Waals surface area contributed by atoms with Gasteiger partial charge in [0.1, 0.15) is 0 Å². The molecule has 1 aromatic rings. The van der Waals surface area contributed by atoms with Gasteiger partial charge < -0.3 is 5.32 Å². The van der Waals surface area contributed by atoms with E-state index >= 15 is 0 Å². The van der Waals surface area contributed by atoms with E-state index in [9.17, 15) is 14.4 Å². The predicted octanol–water partition coefficient (Wildman–Crippen LogP) is 1.76. The summed E-state index contributed by atoms with van der Waals surface area (Å²) in [5.41, 5.74) is 0.835. The fourth-order valence-electron chi connectivity index (χ4n) is 2.20. The molecule has 6 heteroatoms. The monoisotopic (exact) mass is 296 g/mol. The minimum atomic E-state index is -0.692. The lowest BCUT2D eigenvalue weighted by molar-refractivity contribution is -0.137. The SMILES string of the molecule is CC(=O)Nc1ccc(C2(C)CCC(=O)NC2=O)cc1.Cl. The van der Waals surface area contributed by atoms with E-state index in [1.807, 2.05) is 6.92 Å². The minimum Gasteiger partial charge on any atom is -0.326 e. The summed E-state index contributed by atoms with van der Waals surface area (Å²) in [5.74, 6) is -0.631. The number of amides is 3. The lowest BCUT2D eigenvalue weighted by Crippen LogP contribution is -2.49. The van der Waals surface area contributed by atoms with Gasteiger partial charge in [0.2, 0.25) is 17.7 Å². The highest BCUT2D eigenvalue weighted by molar-refractivity contribution is 6.03. The van der Waals surface area contributed by atoms with Crippen molar-refractivity contribution in [3.05, 3.63) is 29.8 Å². The van der Waals surface area contributed by atoms with Gasteiger partial charge in [-0.15, -0.1) is 12.4 Å². The Bertz CT molecular complexity index is 542. The standard InChI is InChI=1S/C14H16N2O3.ClH/c1-9(17)15-11-5-3-10(4-6-11)14(2)8-7-12(18)16-13(14)19;/h3-6H,7-8H2,1-2H3,(H,15,17)(H,16,18,19);1H. The van der Waals surface area contributed by atoms with Crippen molar-refractivity contribution in [1.29, 1.82) is 0 Å². The number of halogens is 1. The molecule has 1 aromatic carbocycles. The van der Waals surface area contributed by atoms with Gasteiger partial charge in [0.15, 0.2) is 0 Å². The Labute approximate surface area is 123 Å². The molecule has 2 rings (SSSR count). The summed E-state index contributed by atoms with van der Waals surface area (Å²) in [4.78, 5) is 34.1. The molecule has 0 aromatic heterocycles. The molecule has 0 aliphatic carbocycles. The third kappa shape index (κ3) is 3.17. The number of carbonyl (C=O) groups is 3. The van der Waals surface area contributed by atoms with Gasteiger partial charge in [-0.05, 0) is 31.0 Å². The van der Waals surface area contributed by atoms with Crippen LogP contribution >= 0.6 is 12.4 Å². The van der Waals surface area contributed by atoms with Crippen molar-refractivity contribution in [2.24, 2.45) is 0 Å². The lowest BCUT2D eigenvalue weighted by Gasteiger charge is -2.32. The minimum absolute atomic E-state index is 0. The fraction of sp³-hybridized carbons (Fsp3) is 0.357. The van der Waals surface area contributed by atoms with Crippen LogP contribution in [0.1, 0.15) is 32.3 Å².